The molecule has 0 radical (unpaired) electrons. The van der Waals surface area contributed by atoms with Crippen molar-refractivity contribution in [3.05, 3.63) is 34.6 Å². The van der Waals surface area contributed by atoms with Crippen molar-refractivity contribution < 1.29 is 13.9 Å². The molecule has 0 atom stereocenters. The Kier molecular flexibility index (Phi) is 7.12. The second-order valence-corrected chi connectivity index (χ2v) is 3.95. The minimum atomic E-state index is -0.287. The fourth-order valence-corrected chi connectivity index (χ4v) is 1.44. The molecule has 0 aliphatic carbocycles. The van der Waals surface area contributed by atoms with E-state index in [2.05, 4.69) is 5.32 Å². The van der Waals surface area contributed by atoms with Gasteiger partial charge in [-0.1, -0.05) is 17.7 Å². The van der Waals surface area contributed by atoms with Crippen molar-refractivity contribution >= 4 is 11.6 Å². The summed E-state index contributed by atoms with van der Waals surface area (Å²) in [5.74, 6) is -0.287. The minimum Gasteiger partial charge on any atom is -0.382 e. The highest BCUT2D eigenvalue weighted by Gasteiger charge is 2.01. The molecular weight excluding hydrogens is 245 g/mol. The minimum absolute atomic E-state index is 0.287. The van der Waals surface area contributed by atoms with Crippen LogP contribution in [0, 0.1) is 5.82 Å². The van der Waals surface area contributed by atoms with Crippen molar-refractivity contribution in [2.45, 2.75) is 6.54 Å². The summed E-state index contributed by atoms with van der Waals surface area (Å²) in [7, 11) is 1.63. The van der Waals surface area contributed by atoms with E-state index in [1.54, 1.807) is 19.2 Å². The van der Waals surface area contributed by atoms with Gasteiger partial charge in [-0.15, -0.1) is 0 Å². The van der Waals surface area contributed by atoms with Gasteiger partial charge < -0.3 is 14.8 Å². The summed E-state index contributed by atoms with van der Waals surface area (Å²) >= 11 is 5.66. The van der Waals surface area contributed by atoms with Crippen molar-refractivity contribution in [3.8, 4) is 0 Å². The van der Waals surface area contributed by atoms with Gasteiger partial charge in [-0.2, -0.15) is 0 Å². The SMILES string of the molecule is COCCOCCNCc1ccc(Cl)cc1F. The van der Waals surface area contributed by atoms with Gasteiger partial charge in [0.1, 0.15) is 5.82 Å². The second-order valence-electron chi connectivity index (χ2n) is 3.52. The summed E-state index contributed by atoms with van der Waals surface area (Å²) in [4.78, 5) is 0. The highest BCUT2D eigenvalue weighted by molar-refractivity contribution is 6.30. The topological polar surface area (TPSA) is 30.5 Å². The lowest BCUT2D eigenvalue weighted by atomic mass is 10.2. The summed E-state index contributed by atoms with van der Waals surface area (Å²) in [6, 6.07) is 4.67. The van der Waals surface area contributed by atoms with Crippen LogP contribution in [0.1, 0.15) is 5.56 Å². The van der Waals surface area contributed by atoms with Gasteiger partial charge in [0.15, 0.2) is 0 Å². The highest BCUT2D eigenvalue weighted by Crippen LogP contribution is 2.14. The number of halogens is 2. The molecule has 96 valence electrons. The van der Waals surface area contributed by atoms with Gasteiger partial charge in [0.05, 0.1) is 19.8 Å². The Bertz CT molecular complexity index is 336. The zero-order valence-corrected chi connectivity index (χ0v) is 10.6. The molecule has 0 saturated carbocycles. The maximum Gasteiger partial charge on any atom is 0.129 e. The summed E-state index contributed by atoms with van der Waals surface area (Å²) in [6.45, 7) is 2.89. The third kappa shape index (κ3) is 5.98. The molecule has 0 fully saturated rings. The molecule has 3 nitrogen and oxygen atoms in total. The van der Waals surface area contributed by atoms with E-state index in [4.69, 9.17) is 21.1 Å². The van der Waals surface area contributed by atoms with Gasteiger partial charge in [0, 0.05) is 30.8 Å². The predicted octanol–water partition coefficient (Wildman–Crippen LogP) is 2.23. The van der Waals surface area contributed by atoms with Gasteiger partial charge in [0.2, 0.25) is 0 Å². The van der Waals surface area contributed by atoms with Crippen LogP contribution in [0.3, 0.4) is 0 Å². The number of ether oxygens (including phenoxy) is 2. The van der Waals surface area contributed by atoms with Crippen LogP contribution in [0.5, 0.6) is 0 Å². The van der Waals surface area contributed by atoms with Crippen molar-refractivity contribution in [2.24, 2.45) is 0 Å². The summed E-state index contributed by atoms with van der Waals surface area (Å²) in [5, 5.41) is 3.50. The third-order valence-corrected chi connectivity index (χ3v) is 2.42. The molecule has 0 amide bonds. The fraction of sp³-hybridized carbons (Fsp3) is 0.500. The summed E-state index contributed by atoms with van der Waals surface area (Å²) in [5.41, 5.74) is 0.603. The Morgan fingerprint density at radius 3 is 2.82 bits per heavy atom. The highest BCUT2D eigenvalue weighted by atomic mass is 35.5. The first-order valence-corrected chi connectivity index (χ1v) is 5.83. The second kappa shape index (κ2) is 8.42. The monoisotopic (exact) mass is 261 g/mol. The maximum atomic E-state index is 13.4. The molecule has 0 aliphatic heterocycles. The fourth-order valence-electron chi connectivity index (χ4n) is 1.28. The average molecular weight is 262 g/mol. The molecule has 0 heterocycles. The van der Waals surface area contributed by atoms with Crippen molar-refractivity contribution in [2.75, 3.05) is 33.5 Å². The van der Waals surface area contributed by atoms with Crippen molar-refractivity contribution in [3.63, 3.8) is 0 Å². The molecule has 0 unspecified atom stereocenters. The van der Waals surface area contributed by atoms with E-state index in [0.29, 0.717) is 43.5 Å². The van der Waals surface area contributed by atoms with E-state index in [9.17, 15) is 4.39 Å². The van der Waals surface area contributed by atoms with E-state index >= 15 is 0 Å². The van der Waals surface area contributed by atoms with Crippen molar-refractivity contribution in [1.29, 1.82) is 0 Å². The Hall–Kier alpha value is -0.680. The molecule has 0 bridgehead atoms. The molecular formula is C12H17ClFNO2. The summed E-state index contributed by atoms with van der Waals surface area (Å²) in [6.07, 6.45) is 0. The number of rotatable bonds is 8. The van der Waals surface area contributed by atoms with E-state index in [1.165, 1.54) is 6.07 Å². The Morgan fingerprint density at radius 1 is 1.29 bits per heavy atom. The molecule has 17 heavy (non-hydrogen) atoms. The first-order valence-electron chi connectivity index (χ1n) is 5.45. The summed E-state index contributed by atoms with van der Waals surface area (Å²) < 4.78 is 23.5. The first kappa shape index (κ1) is 14.4. The van der Waals surface area contributed by atoms with Crippen molar-refractivity contribution in [1.82, 2.24) is 5.32 Å². The van der Waals surface area contributed by atoms with E-state index in [0.717, 1.165) is 0 Å². The van der Waals surface area contributed by atoms with Crippen LogP contribution in [-0.4, -0.2) is 33.5 Å². The van der Waals surface area contributed by atoms with Crippen LogP contribution in [0.4, 0.5) is 4.39 Å². The van der Waals surface area contributed by atoms with Crippen LogP contribution in [-0.2, 0) is 16.0 Å². The zero-order chi connectivity index (χ0) is 12.5. The molecule has 1 N–H and O–H groups in total. The normalized spacial score (nSPS) is 10.8. The Morgan fingerprint density at radius 2 is 2.12 bits per heavy atom. The number of hydrogen-bond acceptors (Lipinski definition) is 3. The lowest BCUT2D eigenvalue weighted by Crippen LogP contribution is -2.20. The van der Waals surface area contributed by atoms with Crippen LogP contribution in [0.2, 0.25) is 5.02 Å². The lowest BCUT2D eigenvalue weighted by Gasteiger charge is -2.07. The number of methoxy groups -OCH3 is 1. The van der Waals surface area contributed by atoms with Crippen LogP contribution in [0.25, 0.3) is 0 Å². The number of hydrogen-bond donors (Lipinski definition) is 1. The van der Waals surface area contributed by atoms with Gasteiger partial charge in [-0.05, 0) is 12.1 Å². The predicted molar refractivity (Wildman–Crippen MR) is 65.8 cm³/mol. The van der Waals surface area contributed by atoms with Gasteiger partial charge >= 0.3 is 0 Å². The van der Waals surface area contributed by atoms with E-state index in [-0.39, 0.29) is 5.82 Å². The molecule has 1 aromatic carbocycles. The lowest BCUT2D eigenvalue weighted by molar-refractivity contribution is 0.0719. The standard InChI is InChI=1S/C12H17ClFNO2/c1-16-6-7-17-5-4-15-9-10-2-3-11(13)8-12(10)14/h2-3,8,15H,4-7,9H2,1H3. The van der Waals surface area contributed by atoms with Gasteiger partial charge in [-0.3, -0.25) is 0 Å². The smallest absolute Gasteiger partial charge is 0.129 e. The van der Waals surface area contributed by atoms with Gasteiger partial charge in [0.25, 0.3) is 0 Å². The third-order valence-electron chi connectivity index (χ3n) is 2.19. The molecule has 5 heteroatoms. The average Bonchev–Trinajstić information content (AvgIpc) is 2.30. The number of nitrogens with one attached hydrogen (secondary N) is 1. The Labute approximate surface area is 106 Å². The maximum absolute atomic E-state index is 13.4. The molecule has 0 spiro atoms. The van der Waals surface area contributed by atoms with Crippen LogP contribution < -0.4 is 5.32 Å². The zero-order valence-electron chi connectivity index (χ0n) is 9.84. The first-order chi connectivity index (χ1) is 8.24. The molecule has 0 aliphatic rings. The molecule has 1 aromatic rings. The van der Waals surface area contributed by atoms with Crippen LogP contribution >= 0.6 is 11.6 Å². The quantitative estimate of drug-likeness (QED) is 0.728. The van der Waals surface area contributed by atoms with E-state index in [1.807, 2.05) is 0 Å². The molecule has 0 aromatic heterocycles. The molecule has 0 saturated heterocycles. The molecule has 1 rings (SSSR count). The van der Waals surface area contributed by atoms with Gasteiger partial charge in [-0.25, -0.2) is 4.39 Å². The Balaban J connectivity index is 2.14. The largest absolute Gasteiger partial charge is 0.382 e. The van der Waals surface area contributed by atoms with Crippen LogP contribution in [0.15, 0.2) is 18.2 Å². The number of benzene rings is 1. The van der Waals surface area contributed by atoms with E-state index < -0.39 is 0 Å².